The summed E-state index contributed by atoms with van der Waals surface area (Å²) in [6.07, 6.45) is 3.82. The maximum absolute atomic E-state index is 8.95. The second kappa shape index (κ2) is 14.5. The van der Waals surface area contributed by atoms with Gasteiger partial charge in [0.15, 0.2) is 17.5 Å². The molecule has 0 radical (unpaired) electrons. The molecule has 0 saturated carbocycles. The Labute approximate surface area is 351 Å². The molecule has 60 heavy (non-hydrogen) atoms. The molecule has 0 atom stereocenters. The van der Waals surface area contributed by atoms with E-state index in [-0.39, 0.29) is 0 Å². The van der Waals surface area contributed by atoms with Gasteiger partial charge in [-0.15, -0.1) is 0 Å². The van der Waals surface area contributed by atoms with Crippen LogP contribution in [0.1, 0.15) is 11.1 Å². The van der Waals surface area contributed by atoms with Crippen molar-refractivity contribution in [3.8, 4) is 62.2 Å². The molecule has 0 fully saturated rings. The molecule has 7 aromatic carbocycles. The molecule has 1 N–H and O–H groups in total. The van der Waals surface area contributed by atoms with Crippen molar-refractivity contribution in [2.45, 2.75) is 0 Å². The Morgan fingerprint density at radius 3 is 1.70 bits per heavy atom. The molecule has 0 saturated heterocycles. The third-order valence-electron chi connectivity index (χ3n) is 11.2. The number of fused-ring (bicyclic) bond motifs is 6. The monoisotopic (exact) mass is 787 g/mol. The van der Waals surface area contributed by atoms with Crippen molar-refractivity contribution in [1.29, 1.82) is 5.41 Å². The highest BCUT2D eigenvalue weighted by molar-refractivity contribution is 7.79. The summed E-state index contributed by atoms with van der Waals surface area (Å²) in [5.74, 6) is 1.79. The average molecular weight is 788 g/mol. The van der Waals surface area contributed by atoms with Crippen LogP contribution < -0.4 is 0 Å². The Kier molecular flexibility index (Phi) is 8.57. The predicted molar refractivity (Wildman–Crippen MR) is 249 cm³/mol. The number of para-hydroxylation sites is 3. The summed E-state index contributed by atoms with van der Waals surface area (Å²) in [5.41, 5.74) is 13.2. The summed E-state index contributed by atoms with van der Waals surface area (Å²) in [5, 5.41) is 12.3. The number of nitrogens with one attached hydrogen (secondary N) is 1. The van der Waals surface area contributed by atoms with Gasteiger partial charge in [0.1, 0.15) is 0 Å². The third kappa shape index (κ3) is 6.01. The zero-order chi connectivity index (χ0) is 40.2. The Bertz CT molecular complexity index is 3350. The highest BCUT2D eigenvalue weighted by atomic mass is 32.1. The number of rotatable bonds is 6. The number of allylic oxidation sites excluding steroid dienone is 1. The third-order valence-corrected chi connectivity index (χ3v) is 11.4. The van der Waals surface area contributed by atoms with Gasteiger partial charge in [0, 0.05) is 55.2 Å². The first-order valence-electron chi connectivity index (χ1n) is 19.7. The van der Waals surface area contributed by atoms with Crippen LogP contribution in [0.3, 0.4) is 0 Å². The SMILES string of the molecule is N=C1C(=NS)C=Cc2c(-c3ccc(-c4cccc(-c5nc(-c6ccccc6)nc(-c6cccc(-n7c8ccccc8c8ccccc87)c6)n5)c4)cc3)nc3ccccc3c21. The van der Waals surface area contributed by atoms with E-state index in [4.69, 9.17) is 25.3 Å². The Morgan fingerprint density at radius 1 is 0.450 bits per heavy atom. The molecule has 3 heterocycles. The van der Waals surface area contributed by atoms with E-state index in [1.54, 1.807) is 0 Å². The largest absolute Gasteiger partial charge is 0.309 e. The zero-order valence-electron chi connectivity index (χ0n) is 32.0. The molecule has 0 unspecified atom stereocenters. The van der Waals surface area contributed by atoms with E-state index < -0.39 is 0 Å². The maximum Gasteiger partial charge on any atom is 0.164 e. The van der Waals surface area contributed by atoms with Gasteiger partial charge in [-0.2, -0.15) is 0 Å². The topological polar surface area (TPSA) is 92.7 Å². The first-order chi connectivity index (χ1) is 29.6. The lowest BCUT2D eigenvalue weighted by Gasteiger charge is -2.19. The van der Waals surface area contributed by atoms with E-state index in [2.05, 4.69) is 137 Å². The summed E-state index contributed by atoms with van der Waals surface area (Å²) in [6.45, 7) is 0. The fraction of sp³-hybridized carbons (Fsp3) is 0. The van der Waals surface area contributed by atoms with Gasteiger partial charge in [0.2, 0.25) is 0 Å². The lowest BCUT2D eigenvalue weighted by atomic mass is 9.88. The van der Waals surface area contributed by atoms with E-state index in [0.29, 0.717) is 28.9 Å². The second-order valence-corrected chi connectivity index (χ2v) is 14.9. The lowest BCUT2D eigenvalue weighted by Crippen LogP contribution is -2.18. The van der Waals surface area contributed by atoms with E-state index in [9.17, 15) is 0 Å². The van der Waals surface area contributed by atoms with Crippen LogP contribution in [0.5, 0.6) is 0 Å². The minimum absolute atomic E-state index is 0.337. The minimum atomic E-state index is 0.337. The molecule has 11 rings (SSSR count). The van der Waals surface area contributed by atoms with Gasteiger partial charge in [-0.1, -0.05) is 140 Å². The van der Waals surface area contributed by atoms with Gasteiger partial charge in [-0.3, -0.25) is 5.41 Å². The molecule has 10 aromatic rings. The van der Waals surface area contributed by atoms with Crippen molar-refractivity contribution in [2.24, 2.45) is 4.40 Å². The molecule has 0 amide bonds. The summed E-state index contributed by atoms with van der Waals surface area (Å²) < 4.78 is 6.36. The number of nitrogens with zero attached hydrogens (tertiary/aromatic N) is 6. The minimum Gasteiger partial charge on any atom is -0.309 e. The van der Waals surface area contributed by atoms with Crippen molar-refractivity contribution >= 4 is 63.0 Å². The van der Waals surface area contributed by atoms with E-state index in [1.165, 1.54) is 10.8 Å². The number of pyridine rings is 1. The molecule has 0 aliphatic heterocycles. The van der Waals surface area contributed by atoms with Gasteiger partial charge < -0.3 is 4.57 Å². The van der Waals surface area contributed by atoms with Crippen LogP contribution >= 0.6 is 12.8 Å². The van der Waals surface area contributed by atoms with Crippen molar-refractivity contribution < 1.29 is 0 Å². The van der Waals surface area contributed by atoms with Crippen molar-refractivity contribution in [3.05, 3.63) is 193 Å². The Morgan fingerprint density at radius 2 is 1.00 bits per heavy atom. The van der Waals surface area contributed by atoms with Crippen LogP contribution in [0.15, 0.2) is 186 Å². The van der Waals surface area contributed by atoms with Crippen LogP contribution in [-0.2, 0) is 0 Å². The molecule has 1 aliphatic carbocycles. The Hall–Kier alpha value is -7.81. The van der Waals surface area contributed by atoms with Gasteiger partial charge in [0.25, 0.3) is 0 Å². The van der Waals surface area contributed by atoms with Crippen molar-refractivity contribution in [2.75, 3.05) is 0 Å². The number of hydrogen-bond donors (Lipinski definition) is 2. The standard InChI is InChI=1S/C52H33N7S/c53-48-44(58-60)29-28-42-47(48)41-20-4-7-21-43(41)54-49(42)33-26-24-32(25-27-33)35-14-10-15-36(30-35)51-55-50(34-12-2-1-3-13-34)56-52(57-51)37-16-11-17-38(31-37)59-45-22-8-5-18-39(45)40-19-6-9-23-46(40)59/h1-31,53,60H. The average Bonchev–Trinajstić information content (AvgIpc) is 3.66. The van der Waals surface area contributed by atoms with Gasteiger partial charge in [-0.25, -0.2) is 24.3 Å². The summed E-state index contributed by atoms with van der Waals surface area (Å²) in [6, 6.07) is 60.3. The maximum atomic E-state index is 8.95. The molecule has 0 bridgehead atoms. The smallest absolute Gasteiger partial charge is 0.164 e. The first-order valence-corrected chi connectivity index (χ1v) is 20.1. The van der Waals surface area contributed by atoms with E-state index in [0.717, 1.165) is 77.8 Å². The molecule has 8 heteroatoms. The Balaban J connectivity index is 0.989. The molecular weight excluding hydrogens is 755 g/mol. The molecule has 282 valence electrons. The molecule has 1 aliphatic rings. The number of hydrogen-bond acceptors (Lipinski definition) is 7. The quantitative estimate of drug-likeness (QED) is 0.164. The van der Waals surface area contributed by atoms with Crippen molar-refractivity contribution in [3.63, 3.8) is 0 Å². The van der Waals surface area contributed by atoms with E-state index in [1.807, 2.05) is 72.8 Å². The molecular formula is C52H33N7S. The van der Waals surface area contributed by atoms with Crippen LogP contribution in [0.4, 0.5) is 0 Å². The second-order valence-electron chi connectivity index (χ2n) is 14.7. The fourth-order valence-corrected chi connectivity index (χ4v) is 8.50. The van der Waals surface area contributed by atoms with Gasteiger partial charge in [0.05, 0.1) is 33.7 Å². The van der Waals surface area contributed by atoms with Crippen LogP contribution in [0.25, 0.3) is 101 Å². The van der Waals surface area contributed by atoms with Crippen molar-refractivity contribution in [1.82, 2.24) is 24.5 Å². The van der Waals surface area contributed by atoms with Gasteiger partial charge in [-0.05, 0) is 72.5 Å². The van der Waals surface area contributed by atoms with Crippen LogP contribution in [-0.4, -0.2) is 35.9 Å². The predicted octanol–water partition coefficient (Wildman–Crippen LogP) is 12.5. The highest BCUT2D eigenvalue weighted by Crippen LogP contribution is 2.37. The first kappa shape index (κ1) is 35.4. The number of benzene rings is 7. The molecule has 3 aromatic heterocycles. The van der Waals surface area contributed by atoms with Crippen LogP contribution in [0.2, 0.25) is 0 Å². The van der Waals surface area contributed by atoms with E-state index >= 15 is 0 Å². The molecule has 7 nitrogen and oxygen atoms in total. The summed E-state index contributed by atoms with van der Waals surface area (Å²) in [4.78, 5) is 20.3. The molecule has 0 spiro atoms. The lowest BCUT2D eigenvalue weighted by molar-refractivity contribution is 1.07. The fourth-order valence-electron chi connectivity index (χ4n) is 8.33. The highest BCUT2D eigenvalue weighted by Gasteiger charge is 2.23. The van der Waals surface area contributed by atoms with Crippen LogP contribution in [0, 0.1) is 5.41 Å². The number of aromatic nitrogens is 5. The van der Waals surface area contributed by atoms with Gasteiger partial charge >= 0.3 is 0 Å². The number of thiol groups is 1. The zero-order valence-corrected chi connectivity index (χ0v) is 32.9. The summed E-state index contributed by atoms with van der Waals surface area (Å²) in [7, 11) is 0. The normalized spacial score (nSPS) is 13.1. The summed E-state index contributed by atoms with van der Waals surface area (Å²) >= 11 is 4.13.